The molecule has 0 aliphatic heterocycles. The molecule has 14 heavy (non-hydrogen) atoms. The van der Waals surface area contributed by atoms with E-state index in [2.05, 4.69) is 60.0 Å². The number of aryl methyl sites for hydroxylation is 1. The predicted octanol–water partition coefficient (Wildman–Crippen LogP) is 3.05. The van der Waals surface area contributed by atoms with Crippen LogP contribution in [0, 0.1) is 10.5 Å². The first-order valence-electron chi connectivity index (χ1n) is 4.66. The predicted molar refractivity (Wildman–Crippen MR) is 68.9 cm³/mol. The van der Waals surface area contributed by atoms with E-state index in [1.807, 2.05) is 0 Å². The van der Waals surface area contributed by atoms with Crippen molar-refractivity contribution in [2.24, 2.45) is 0 Å². The van der Waals surface area contributed by atoms with Crippen LogP contribution in [0.4, 0.5) is 5.69 Å². The lowest BCUT2D eigenvalue weighted by Gasteiger charge is -2.13. The van der Waals surface area contributed by atoms with Crippen LogP contribution in [0.3, 0.4) is 0 Å². The van der Waals surface area contributed by atoms with Gasteiger partial charge < -0.3 is 10.1 Å². The number of hydrogen-bond donors (Lipinski definition) is 1. The summed E-state index contributed by atoms with van der Waals surface area (Å²) < 4.78 is 6.43. The van der Waals surface area contributed by atoms with Gasteiger partial charge in [0.1, 0.15) is 0 Å². The minimum atomic E-state index is 0.243. The van der Waals surface area contributed by atoms with Gasteiger partial charge in [-0.15, -0.1) is 0 Å². The van der Waals surface area contributed by atoms with Crippen LogP contribution in [0.1, 0.15) is 12.5 Å². The number of halogens is 1. The van der Waals surface area contributed by atoms with Gasteiger partial charge in [0.25, 0.3) is 0 Å². The molecule has 1 atom stereocenters. The Morgan fingerprint density at radius 3 is 2.86 bits per heavy atom. The van der Waals surface area contributed by atoms with Crippen LogP contribution < -0.4 is 5.32 Å². The van der Waals surface area contributed by atoms with Gasteiger partial charge in [0.15, 0.2) is 0 Å². The molecule has 0 fully saturated rings. The summed E-state index contributed by atoms with van der Waals surface area (Å²) in [5.74, 6) is 0. The summed E-state index contributed by atoms with van der Waals surface area (Å²) in [6, 6.07) is 6.39. The molecule has 0 heterocycles. The summed E-state index contributed by atoms with van der Waals surface area (Å²) in [6.45, 7) is 5.00. The van der Waals surface area contributed by atoms with Gasteiger partial charge in [-0.2, -0.15) is 0 Å². The highest BCUT2D eigenvalue weighted by molar-refractivity contribution is 14.1. The minimum absolute atomic E-state index is 0.243. The van der Waals surface area contributed by atoms with E-state index in [4.69, 9.17) is 4.74 Å². The van der Waals surface area contributed by atoms with E-state index in [-0.39, 0.29) is 6.10 Å². The molecule has 0 saturated carbocycles. The van der Waals surface area contributed by atoms with Gasteiger partial charge in [-0.05, 0) is 54.1 Å². The first kappa shape index (κ1) is 11.8. The molecule has 0 aliphatic rings. The fourth-order valence-electron chi connectivity index (χ4n) is 1.12. The van der Waals surface area contributed by atoms with E-state index in [9.17, 15) is 0 Å². The van der Waals surface area contributed by atoms with E-state index >= 15 is 0 Å². The largest absolute Gasteiger partial charge is 0.382 e. The summed E-state index contributed by atoms with van der Waals surface area (Å²) in [4.78, 5) is 0. The molecule has 1 aromatic rings. The number of ether oxygens (including phenoxy) is 1. The van der Waals surface area contributed by atoms with Crippen molar-refractivity contribution in [2.75, 3.05) is 19.0 Å². The number of hydrogen-bond acceptors (Lipinski definition) is 2. The fraction of sp³-hybridized carbons (Fsp3) is 0.455. The molecule has 0 amide bonds. The number of methoxy groups -OCH3 is 1. The second-order valence-electron chi connectivity index (χ2n) is 3.39. The number of rotatable bonds is 4. The summed E-state index contributed by atoms with van der Waals surface area (Å²) in [7, 11) is 1.73. The number of anilines is 1. The lowest BCUT2D eigenvalue weighted by molar-refractivity contribution is 0.129. The molecule has 0 aliphatic carbocycles. The maximum Gasteiger partial charge on any atom is 0.0715 e. The monoisotopic (exact) mass is 305 g/mol. The van der Waals surface area contributed by atoms with Gasteiger partial charge in [0.2, 0.25) is 0 Å². The van der Waals surface area contributed by atoms with E-state index in [0.717, 1.165) is 6.54 Å². The summed E-state index contributed by atoms with van der Waals surface area (Å²) in [6.07, 6.45) is 0.243. The zero-order chi connectivity index (χ0) is 10.6. The number of nitrogens with one attached hydrogen (secondary N) is 1. The van der Waals surface area contributed by atoms with Crippen molar-refractivity contribution in [3.8, 4) is 0 Å². The van der Waals surface area contributed by atoms with Crippen molar-refractivity contribution in [2.45, 2.75) is 20.0 Å². The quantitative estimate of drug-likeness (QED) is 0.863. The van der Waals surface area contributed by atoms with Crippen molar-refractivity contribution < 1.29 is 4.74 Å². The standard InChI is InChI=1S/C11H16INO/c1-8-4-5-10(12)6-11(8)13-7-9(2)14-3/h4-6,9,13H,7H2,1-3H3. The fourth-order valence-corrected chi connectivity index (χ4v) is 1.61. The van der Waals surface area contributed by atoms with Crippen LogP contribution in [0.15, 0.2) is 18.2 Å². The summed E-state index contributed by atoms with van der Waals surface area (Å²) in [5, 5.41) is 3.37. The molecule has 2 nitrogen and oxygen atoms in total. The van der Waals surface area contributed by atoms with Crippen LogP contribution in [-0.4, -0.2) is 19.8 Å². The lowest BCUT2D eigenvalue weighted by Crippen LogP contribution is -2.18. The molecule has 1 rings (SSSR count). The maximum atomic E-state index is 5.18. The van der Waals surface area contributed by atoms with E-state index in [1.165, 1.54) is 14.8 Å². The topological polar surface area (TPSA) is 21.3 Å². The molecule has 1 N–H and O–H groups in total. The van der Waals surface area contributed by atoms with Crippen LogP contribution in [-0.2, 0) is 4.74 Å². The smallest absolute Gasteiger partial charge is 0.0715 e. The Hall–Kier alpha value is -0.290. The Morgan fingerprint density at radius 1 is 1.50 bits per heavy atom. The zero-order valence-corrected chi connectivity index (χ0v) is 11.0. The number of benzene rings is 1. The molecule has 0 radical (unpaired) electrons. The SMILES string of the molecule is COC(C)CNc1cc(I)ccc1C. The molecular weight excluding hydrogens is 289 g/mol. The first-order chi connectivity index (χ1) is 6.63. The van der Waals surface area contributed by atoms with Crippen molar-refractivity contribution in [1.82, 2.24) is 0 Å². The molecule has 1 unspecified atom stereocenters. The Bertz CT molecular complexity index is 301. The molecular formula is C11H16INO. The van der Waals surface area contributed by atoms with Gasteiger partial charge in [0.05, 0.1) is 6.10 Å². The highest BCUT2D eigenvalue weighted by atomic mass is 127. The highest BCUT2D eigenvalue weighted by Crippen LogP contribution is 2.17. The van der Waals surface area contributed by atoms with Crippen LogP contribution in [0.5, 0.6) is 0 Å². The Balaban J connectivity index is 2.62. The van der Waals surface area contributed by atoms with Gasteiger partial charge in [-0.1, -0.05) is 6.07 Å². The molecule has 0 aromatic heterocycles. The molecule has 78 valence electrons. The van der Waals surface area contributed by atoms with Crippen LogP contribution >= 0.6 is 22.6 Å². The maximum absolute atomic E-state index is 5.18. The molecule has 1 aromatic carbocycles. The summed E-state index contributed by atoms with van der Waals surface area (Å²) >= 11 is 2.32. The molecule has 3 heteroatoms. The first-order valence-corrected chi connectivity index (χ1v) is 5.74. The van der Waals surface area contributed by atoms with Crippen molar-refractivity contribution in [3.63, 3.8) is 0 Å². The van der Waals surface area contributed by atoms with Gasteiger partial charge in [-0.25, -0.2) is 0 Å². The normalized spacial score (nSPS) is 12.6. The van der Waals surface area contributed by atoms with Crippen LogP contribution in [0.2, 0.25) is 0 Å². The van der Waals surface area contributed by atoms with Gasteiger partial charge in [0, 0.05) is 22.9 Å². The van der Waals surface area contributed by atoms with Crippen molar-refractivity contribution in [3.05, 3.63) is 27.3 Å². The van der Waals surface area contributed by atoms with Gasteiger partial charge in [-0.3, -0.25) is 0 Å². The van der Waals surface area contributed by atoms with Crippen molar-refractivity contribution >= 4 is 28.3 Å². The average Bonchev–Trinajstić information content (AvgIpc) is 2.19. The minimum Gasteiger partial charge on any atom is -0.382 e. The van der Waals surface area contributed by atoms with E-state index < -0.39 is 0 Å². The average molecular weight is 305 g/mol. The second kappa shape index (κ2) is 5.56. The third kappa shape index (κ3) is 3.46. The molecule has 0 bridgehead atoms. The van der Waals surface area contributed by atoms with E-state index in [1.54, 1.807) is 7.11 Å². The van der Waals surface area contributed by atoms with Crippen molar-refractivity contribution in [1.29, 1.82) is 0 Å². The lowest BCUT2D eigenvalue weighted by atomic mass is 10.2. The Labute approximate surface area is 99.2 Å². The second-order valence-corrected chi connectivity index (χ2v) is 4.63. The molecule has 0 spiro atoms. The third-order valence-electron chi connectivity index (χ3n) is 2.18. The zero-order valence-electron chi connectivity index (χ0n) is 8.80. The van der Waals surface area contributed by atoms with Crippen LogP contribution in [0.25, 0.3) is 0 Å². The third-order valence-corrected chi connectivity index (χ3v) is 2.85. The summed E-state index contributed by atoms with van der Waals surface area (Å²) in [5.41, 5.74) is 2.47. The Kier molecular flexibility index (Phi) is 4.68. The Morgan fingerprint density at radius 2 is 2.21 bits per heavy atom. The highest BCUT2D eigenvalue weighted by Gasteiger charge is 2.01. The van der Waals surface area contributed by atoms with E-state index in [0.29, 0.717) is 0 Å². The molecule has 0 saturated heterocycles. The van der Waals surface area contributed by atoms with Gasteiger partial charge >= 0.3 is 0 Å².